The fraction of sp³-hybridized carbons (Fsp3) is 0.467. The first-order chi connectivity index (χ1) is 9.79. The minimum Gasteiger partial charge on any atom is -0.392 e. The molecule has 2 atom stereocenters. The maximum atomic E-state index is 9.55. The van der Waals surface area contributed by atoms with E-state index in [1.807, 2.05) is 0 Å². The smallest absolute Gasteiger partial charge is 0.243 e. The van der Waals surface area contributed by atoms with Gasteiger partial charge in [-0.2, -0.15) is 4.98 Å². The second kappa shape index (κ2) is 4.68. The molecule has 2 N–H and O–H groups in total. The zero-order chi connectivity index (χ0) is 13.5. The summed E-state index contributed by atoms with van der Waals surface area (Å²) in [5.74, 6) is 1.71. The summed E-state index contributed by atoms with van der Waals surface area (Å²) < 4.78 is 5.37. The van der Waals surface area contributed by atoms with Crippen molar-refractivity contribution in [2.75, 3.05) is 6.54 Å². The Kier molecular flexibility index (Phi) is 2.82. The molecule has 1 saturated heterocycles. The molecular weight excluding hydrogens is 254 g/mol. The maximum absolute atomic E-state index is 9.55. The van der Waals surface area contributed by atoms with Gasteiger partial charge < -0.3 is 14.9 Å². The van der Waals surface area contributed by atoms with E-state index in [4.69, 9.17) is 4.52 Å². The van der Waals surface area contributed by atoms with Gasteiger partial charge in [-0.1, -0.05) is 29.4 Å². The van der Waals surface area contributed by atoms with E-state index in [-0.39, 0.29) is 12.1 Å². The number of aromatic nitrogens is 2. The predicted molar refractivity (Wildman–Crippen MR) is 72.3 cm³/mol. The lowest BCUT2D eigenvalue weighted by molar-refractivity contribution is 0.191. The monoisotopic (exact) mass is 271 g/mol. The SMILES string of the molecule is OC1CN[C@H](c2nc(C3Cc4ccccc4C3)no2)C1. The van der Waals surface area contributed by atoms with E-state index in [9.17, 15) is 5.11 Å². The van der Waals surface area contributed by atoms with Crippen molar-refractivity contribution in [1.82, 2.24) is 15.5 Å². The van der Waals surface area contributed by atoms with Gasteiger partial charge in [0.2, 0.25) is 5.89 Å². The van der Waals surface area contributed by atoms with Crippen LogP contribution < -0.4 is 5.32 Å². The highest BCUT2D eigenvalue weighted by Crippen LogP contribution is 2.33. The van der Waals surface area contributed by atoms with Crippen LogP contribution in [-0.2, 0) is 12.8 Å². The Balaban J connectivity index is 1.52. The quantitative estimate of drug-likeness (QED) is 0.862. The molecule has 0 bridgehead atoms. The average Bonchev–Trinajstić information content (AvgIpc) is 3.16. The Labute approximate surface area is 117 Å². The summed E-state index contributed by atoms with van der Waals surface area (Å²) >= 11 is 0. The van der Waals surface area contributed by atoms with Crippen molar-refractivity contribution in [3.63, 3.8) is 0 Å². The van der Waals surface area contributed by atoms with Crippen LogP contribution in [0.5, 0.6) is 0 Å². The number of nitrogens with zero attached hydrogens (tertiary/aromatic N) is 2. The first-order valence-electron chi connectivity index (χ1n) is 7.11. The first-order valence-corrected chi connectivity index (χ1v) is 7.11. The van der Waals surface area contributed by atoms with Crippen molar-refractivity contribution in [2.24, 2.45) is 0 Å². The van der Waals surface area contributed by atoms with Crippen LogP contribution in [0.1, 0.15) is 41.2 Å². The lowest BCUT2D eigenvalue weighted by Crippen LogP contribution is -2.15. The molecule has 5 nitrogen and oxygen atoms in total. The Morgan fingerprint density at radius 2 is 1.95 bits per heavy atom. The molecule has 0 radical (unpaired) electrons. The summed E-state index contributed by atoms with van der Waals surface area (Å²) in [7, 11) is 0. The summed E-state index contributed by atoms with van der Waals surface area (Å²) in [6.07, 6.45) is 2.30. The molecule has 0 amide bonds. The van der Waals surface area contributed by atoms with Crippen molar-refractivity contribution in [3.05, 3.63) is 47.1 Å². The molecular formula is C15H17N3O2. The van der Waals surface area contributed by atoms with Gasteiger partial charge in [0, 0.05) is 12.5 Å². The molecule has 5 heteroatoms. The second-order valence-electron chi connectivity index (χ2n) is 5.72. The fourth-order valence-corrected chi connectivity index (χ4v) is 3.20. The van der Waals surface area contributed by atoms with Crippen molar-refractivity contribution < 1.29 is 9.63 Å². The largest absolute Gasteiger partial charge is 0.392 e. The van der Waals surface area contributed by atoms with Crippen LogP contribution in [0.2, 0.25) is 0 Å². The highest BCUT2D eigenvalue weighted by molar-refractivity contribution is 5.34. The zero-order valence-electron chi connectivity index (χ0n) is 11.1. The molecule has 1 fully saturated rings. The van der Waals surface area contributed by atoms with Gasteiger partial charge in [-0.05, 0) is 30.4 Å². The van der Waals surface area contributed by atoms with E-state index in [0.717, 1.165) is 18.7 Å². The molecule has 0 spiro atoms. The summed E-state index contributed by atoms with van der Waals surface area (Å²) in [6, 6.07) is 8.49. The number of nitrogens with one attached hydrogen (secondary N) is 1. The normalized spacial score (nSPS) is 26.1. The standard InChI is InChI=1S/C15H17N3O2/c19-12-7-13(16-8-12)15-17-14(18-20-15)11-5-9-3-1-2-4-10(9)6-11/h1-4,11-13,16,19H,5-8H2/t12?,13-/m0/s1. The summed E-state index contributed by atoms with van der Waals surface area (Å²) in [4.78, 5) is 4.54. The topological polar surface area (TPSA) is 71.2 Å². The van der Waals surface area contributed by atoms with E-state index in [1.54, 1.807) is 0 Å². The maximum Gasteiger partial charge on any atom is 0.243 e. The average molecular weight is 271 g/mol. The molecule has 4 rings (SSSR count). The first kappa shape index (κ1) is 12.1. The molecule has 20 heavy (non-hydrogen) atoms. The number of hydrogen-bond acceptors (Lipinski definition) is 5. The number of aliphatic hydroxyl groups is 1. The zero-order valence-corrected chi connectivity index (χ0v) is 11.1. The second-order valence-corrected chi connectivity index (χ2v) is 5.72. The number of β-amino-alcohol motifs (C(OH)–C–C–N with tert-alkyl or cyclic N) is 1. The molecule has 1 aliphatic heterocycles. The van der Waals surface area contributed by atoms with Crippen molar-refractivity contribution in [1.29, 1.82) is 0 Å². The minimum absolute atomic E-state index is 0.00460. The van der Waals surface area contributed by atoms with Gasteiger partial charge >= 0.3 is 0 Å². The highest BCUT2D eigenvalue weighted by atomic mass is 16.5. The van der Waals surface area contributed by atoms with E-state index in [0.29, 0.717) is 24.8 Å². The number of hydrogen-bond donors (Lipinski definition) is 2. The van der Waals surface area contributed by atoms with Crippen molar-refractivity contribution >= 4 is 0 Å². The van der Waals surface area contributed by atoms with Crippen LogP contribution in [0.3, 0.4) is 0 Å². The number of aliphatic hydroxyl groups excluding tert-OH is 1. The van der Waals surface area contributed by atoms with Crippen molar-refractivity contribution in [2.45, 2.75) is 37.3 Å². The third kappa shape index (κ3) is 2.03. The lowest BCUT2D eigenvalue weighted by atomic mass is 10.1. The third-order valence-corrected chi connectivity index (χ3v) is 4.28. The summed E-state index contributed by atoms with van der Waals surface area (Å²) in [5, 5.41) is 16.9. The van der Waals surface area contributed by atoms with Gasteiger partial charge in [0.1, 0.15) is 0 Å². The minimum atomic E-state index is -0.314. The van der Waals surface area contributed by atoms with Gasteiger partial charge in [-0.3, -0.25) is 0 Å². The molecule has 1 aliphatic carbocycles. The van der Waals surface area contributed by atoms with Crippen LogP contribution >= 0.6 is 0 Å². The summed E-state index contributed by atoms with van der Waals surface area (Å²) in [5.41, 5.74) is 2.77. The van der Waals surface area contributed by atoms with Crippen LogP contribution in [0.15, 0.2) is 28.8 Å². The fourth-order valence-electron chi connectivity index (χ4n) is 3.20. The Hall–Kier alpha value is -1.72. The van der Waals surface area contributed by atoms with Gasteiger partial charge in [-0.25, -0.2) is 0 Å². The highest BCUT2D eigenvalue weighted by Gasteiger charge is 2.31. The van der Waals surface area contributed by atoms with Gasteiger partial charge in [0.15, 0.2) is 5.82 Å². The molecule has 2 aromatic rings. The number of benzene rings is 1. The predicted octanol–water partition coefficient (Wildman–Crippen LogP) is 1.35. The van der Waals surface area contributed by atoms with Gasteiger partial charge in [0.05, 0.1) is 12.1 Å². The molecule has 0 saturated carbocycles. The van der Waals surface area contributed by atoms with Crippen LogP contribution in [0.4, 0.5) is 0 Å². The van der Waals surface area contributed by atoms with E-state index < -0.39 is 0 Å². The lowest BCUT2D eigenvalue weighted by Gasteiger charge is -2.03. The Morgan fingerprint density at radius 3 is 2.60 bits per heavy atom. The molecule has 2 heterocycles. The Morgan fingerprint density at radius 1 is 1.20 bits per heavy atom. The molecule has 1 unspecified atom stereocenters. The van der Waals surface area contributed by atoms with Gasteiger partial charge in [-0.15, -0.1) is 0 Å². The molecule has 1 aromatic carbocycles. The molecule has 104 valence electrons. The molecule has 2 aliphatic rings. The van der Waals surface area contributed by atoms with E-state index in [2.05, 4.69) is 39.7 Å². The van der Waals surface area contributed by atoms with Crippen LogP contribution in [-0.4, -0.2) is 27.9 Å². The van der Waals surface area contributed by atoms with Crippen LogP contribution in [0, 0.1) is 0 Å². The summed E-state index contributed by atoms with van der Waals surface area (Å²) in [6.45, 7) is 0.594. The van der Waals surface area contributed by atoms with Crippen LogP contribution in [0.25, 0.3) is 0 Å². The Bertz CT molecular complexity index is 600. The number of fused-ring (bicyclic) bond motifs is 1. The number of rotatable bonds is 2. The van der Waals surface area contributed by atoms with Crippen molar-refractivity contribution in [3.8, 4) is 0 Å². The van der Waals surface area contributed by atoms with E-state index in [1.165, 1.54) is 11.1 Å². The van der Waals surface area contributed by atoms with Gasteiger partial charge in [0.25, 0.3) is 0 Å². The molecule has 1 aromatic heterocycles. The third-order valence-electron chi connectivity index (χ3n) is 4.28. The van der Waals surface area contributed by atoms with E-state index >= 15 is 0 Å².